The molecule has 0 aromatic heterocycles. The molecule has 0 unspecified atom stereocenters. The molecule has 7 heteroatoms. The van der Waals surface area contributed by atoms with Crippen LogP contribution >= 0.6 is 12.2 Å². The largest absolute Gasteiger partial charge is 0.457 e. The van der Waals surface area contributed by atoms with E-state index < -0.39 is 11.7 Å². The van der Waals surface area contributed by atoms with Crippen molar-refractivity contribution in [1.82, 2.24) is 5.32 Å². The first-order valence-electron chi connectivity index (χ1n) is 6.32. The van der Waals surface area contributed by atoms with Gasteiger partial charge in [0.25, 0.3) is 0 Å². The van der Waals surface area contributed by atoms with E-state index in [1.807, 2.05) is 6.07 Å². The zero-order chi connectivity index (χ0) is 16.2. The summed E-state index contributed by atoms with van der Waals surface area (Å²) in [5.74, 6) is 0.552. The number of hydrogen-bond acceptors (Lipinski definition) is 2. The van der Waals surface area contributed by atoms with Gasteiger partial charge in [-0.05, 0) is 48.1 Å². The Morgan fingerprint density at radius 3 is 2.36 bits per heavy atom. The molecule has 3 nitrogen and oxygen atoms in total. The second kappa shape index (κ2) is 6.65. The number of nitrogens with two attached hydrogens (primary N) is 1. The van der Waals surface area contributed by atoms with Crippen LogP contribution in [-0.4, -0.2) is 5.11 Å². The molecule has 2 aromatic rings. The first-order chi connectivity index (χ1) is 10.3. The van der Waals surface area contributed by atoms with Crippen molar-refractivity contribution in [1.29, 1.82) is 0 Å². The van der Waals surface area contributed by atoms with Gasteiger partial charge in [0.15, 0.2) is 5.11 Å². The predicted molar refractivity (Wildman–Crippen MR) is 81.6 cm³/mol. The minimum Gasteiger partial charge on any atom is -0.457 e. The smallest absolute Gasteiger partial charge is 0.416 e. The molecule has 0 atom stereocenters. The number of hydrogen-bond donors (Lipinski definition) is 2. The highest BCUT2D eigenvalue weighted by Gasteiger charge is 2.30. The van der Waals surface area contributed by atoms with Gasteiger partial charge < -0.3 is 15.8 Å². The number of thiocarbonyl (C=S) groups is 1. The molecule has 0 aliphatic rings. The van der Waals surface area contributed by atoms with Crippen LogP contribution in [0.3, 0.4) is 0 Å². The van der Waals surface area contributed by atoms with Crippen LogP contribution in [-0.2, 0) is 12.7 Å². The molecular weight excluding hydrogens is 313 g/mol. The average Bonchev–Trinajstić information content (AvgIpc) is 2.45. The molecule has 0 heterocycles. The van der Waals surface area contributed by atoms with Crippen LogP contribution in [0.2, 0.25) is 0 Å². The normalized spacial score (nSPS) is 11.0. The molecule has 2 rings (SSSR count). The van der Waals surface area contributed by atoms with Gasteiger partial charge in [0.1, 0.15) is 11.5 Å². The van der Waals surface area contributed by atoms with Gasteiger partial charge in [0.05, 0.1) is 5.56 Å². The zero-order valence-corrected chi connectivity index (χ0v) is 12.2. The quantitative estimate of drug-likeness (QED) is 0.838. The fourth-order valence-corrected chi connectivity index (χ4v) is 1.85. The summed E-state index contributed by atoms with van der Waals surface area (Å²) in [4.78, 5) is 0. The second-order valence-corrected chi connectivity index (χ2v) is 4.93. The molecule has 0 saturated heterocycles. The Labute approximate surface area is 130 Å². The standard InChI is InChI=1S/C15H13F3N2OS/c16-15(17,18)11-4-2-6-13(8-11)21-12-5-1-3-10(7-12)9-20-14(19)22/h1-8H,9H2,(H3,19,20,22). The SMILES string of the molecule is NC(=S)NCc1cccc(Oc2cccc(C(F)(F)F)c2)c1. The number of alkyl halides is 3. The molecule has 0 aliphatic heterocycles. The van der Waals surface area contributed by atoms with Crippen LogP contribution in [0.1, 0.15) is 11.1 Å². The Kier molecular flexibility index (Phi) is 4.87. The molecule has 0 bridgehead atoms. The minimum absolute atomic E-state index is 0.120. The van der Waals surface area contributed by atoms with Crippen molar-refractivity contribution in [2.75, 3.05) is 0 Å². The highest BCUT2D eigenvalue weighted by molar-refractivity contribution is 7.80. The Morgan fingerprint density at radius 1 is 1.09 bits per heavy atom. The van der Waals surface area contributed by atoms with Crippen molar-refractivity contribution >= 4 is 17.3 Å². The Balaban J connectivity index is 2.14. The fraction of sp³-hybridized carbons (Fsp3) is 0.133. The molecule has 0 amide bonds. The molecule has 3 N–H and O–H groups in total. The summed E-state index contributed by atoms with van der Waals surface area (Å²) in [6.45, 7) is 0.412. The zero-order valence-electron chi connectivity index (χ0n) is 11.4. The van der Waals surface area contributed by atoms with Crippen molar-refractivity contribution in [3.63, 3.8) is 0 Å². The van der Waals surface area contributed by atoms with Crippen LogP contribution in [0.15, 0.2) is 48.5 Å². The van der Waals surface area contributed by atoms with Gasteiger partial charge >= 0.3 is 6.18 Å². The summed E-state index contributed by atoms with van der Waals surface area (Å²) in [6.07, 6.45) is -4.40. The molecule has 2 aromatic carbocycles. The third-order valence-electron chi connectivity index (χ3n) is 2.76. The van der Waals surface area contributed by atoms with E-state index >= 15 is 0 Å². The van der Waals surface area contributed by atoms with Gasteiger partial charge in [-0.2, -0.15) is 13.2 Å². The second-order valence-electron chi connectivity index (χ2n) is 4.49. The number of rotatable bonds is 4. The Bertz CT molecular complexity index is 674. The lowest BCUT2D eigenvalue weighted by molar-refractivity contribution is -0.137. The van der Waals surface area contributed by atoms with Crippen molar-refractivity contribution in [3.8, 4) is 11.5 Å². The summed E-state index contributed by atoms with van der Waals surface area (Å²) in [5.41, 5.74) is 5.43. The average molecular weight is 326 g/mol. The monoisotopic (exact) mass is 326 g/mol. The van der Waals surface area contributed by atoms with Gasteiger partial charge in [0.2, 0.25) is 0 Å². The maximum absolute atomic E-state index is 12.7. The summed E-state index contributed by atoms with van der Waals surface area (Å²) >= 11 is 4.71. The lowest BCUT2D eigenvalue weighted by atomic mass is 10.2. The molecule has 0 aliphatic carbocycles. The van der Waals surface area contributed by atoms with Crippen molar-refractivity contribution in [2.24, 2.45) is 5.73 Å². The van der Waals surface area contributed by atoms with Crippen LogP contribution in [0.25, 0.3) is 0 Å². The van der Waals surface area contributed by atoms with Crippen molar-refractivity contribution in [2.45, 2.75) is 12.7 Å². The number of nitrogens with one attached hydrogen (secondary N) is 1. The van der Waals surface area contributed by atoms with Gasteiger partial charge in [-0.3, -0.25) is 0 Å². The molecule has 0 radical (unpaired) electrons. The van der Waals surface area contributed by atoms with E-state index in [9.17, 15) is 13.2 Å². The Morgan fingerprint density at radius 2 is 1.73 bits per heavy atom. The van der Waals surface area contributed by atoms with E-state index in [1.165, 1.54) is 12.1 Å². The lowest BCUT2D eigenvalue weighted by Crippen LogP contribution is -2.28. The molecule has 0 spiro atoms. The first kappa shape index (κ1) is 16.1. The van der Waals surface area contributed by atoms with Gasteiger partial charge in [-0.25, -0.2) is 0 Å². The van der Waals surface area contributed by atoms with Crippen molar-refractivity contribution < 1.29 is 17.9 Å². The van der Waals surface area contributed by atoms with E-state index in [2.05, 4.69) is 5.32 Å². The number of benzene rings is 2. The lowest BCUT2D eigenvalue weighted by Gasteiger charge is -2.11. The highest BCUT2D eigenvalue weighted by Crippen LogP contribution is 2.32. The minimum atomic E-state index is -4.40. The molecule has 0 saturated carbocycles. The van der Waals surface area contributed by atoms with E-state index in [-0.39, 0.29) is 10.9 Å². The number of ether oxygens (including phenoxy) is 1. The fourth-order valence-electron chi connectivity index (χ4n) is 1.78. The Hall–Kier alpha value is -2.28. The van der Waals surface area contributed by atoms with E-state index in [4.69, 9.17) is 22.7 Å². The van der Waals surface area contributed by atoms with E-state index in [0.717, 1.165) is 17.7 Å². The highest BCUT2D eigenvalue weighted by atomic mass is 32.1. The van der Waals surface area contributed by atoms with Gasteiger partial charge in [0, 0.05) is 6.54 Å². The predicted octanol–water partition coefficient (Wildman–Crippen LogP) is 3.83. The van der Waals surface area contributed by atoms with E-state index in [0.29, 0.717) is 12.3 Å². The third-order valence-corrected chi connectivity index (χ3v) is 2.91. The van der Waals surface area contributed by atoms with Crippen molar-refractivity contribution in [3.05, 3.63) is 59.7 Å². The van der Waals surface area contributed by atoms with Crippen LogP contribution in [0, 0.1) is 0 Å². The summed E-state index contributed by atoms with van der Waals surface area (Å²) < 4.78 is 43.4. The summed E-state index contributed by atoms with van der Waals surface area (Å²) in [5, 5.41) is 2.96. The first-order valence-corrected chi connectivity index (χ1v) is 6.73. The third kappa shape index (κ3) is 4.63. The van der Waals surface area contributed by atoms with Crippen LogP contribution < -0.4 is 15.8 Å². The number of halogens is 3. The van der Waals surface area contributed by atoms with Crippen LogP contribution in [0.4, 0.5) is 13.2 Å². The molecule has 22 heavy (non-hydrogen) atoms. The van der Waals surface area contributed by atoms with E-state index in [1.54, 1.807) is 18.2 Å². The van der Waals surface area contributed by atoms with Gasteiger partial charge in [-0.1, -0.05) is 18.2 Å². The maximum atomic E-state index is 12.7. The molecule has 116 valence electrons. The van der Waals surface area contributed by atoms with Gasteiger partial charge in [-0.15, -0.1) is 0 Å². The summed E-state index contributed by atoms with van der Waals surface area (Å²) in [7, 11) is 0. The molecular formula is C15H13F3N2OS. The van der Waals surface area contributed by atoms with Crippen LogP contribution in [0.5, 0.6) is 11.5 Å². The molecule has 0 fully saturated rings. The maximum Gasteiger partial charge on any atom is 0.416 e. The topological polar surface area (TPSA) is 47.3 Å². The summed E-state index contributed by atoms with van der Waals surface area (Å²) in [6, 6.07) is 11.6.